The Bertz CT molecular complexity index is 510. The fourth-order valence-corrected chi connectivity index (χ4v) is 2.59. The fourth-order valence-electron chi connectivity index (χ4n) is 2.47. The summed E-state index contributed by atoms with van der Waals surface area (Å²) in [5.74, 6) is -0.0193. The van der Waals surface area contributed by atoms with E-state index in [-0.39, 0.29) is 12.0 Å². The SMILES string of the molecule is COCCC1CN(CC(=O)Nc2ccc(Cl)c(C)c2)CCO1. The average Bonchev–Trinajstić information content (AvgIpc) is 2.49. The lowest BCUT2D eigenvalue weighted by Crippen LogP contribution is -2.46. The highest BCUT2D eigenvalue weighted by Crippen LogP contribution is 2.19. The molecule has 1 aliphatic rings. The number of aryl methyl sites for hydroxylation is 1. The van der Waals surface area contributed by atoms with Crippen LogP contribution < -0.4 is 5.32 Å². The van der Waals surface area contributed by atoms with Gasteiger partial charge in [0.25, 0.3) is 0 Å². The maximum absolute atomic E-state index is 12.1. The summed E-state index contributed by atoms with van der Waals surface area (Å²) in [7, 11) is 1.68. The molecule has 122 valence electrons. The van der Waals surface area contributed by atoms with Crippen LogP contribution in [0.2, 0.25) is 5.02 Å². The van der Waals surface area contributed by atoms with Gasteiger partial charge in [-0.15, -0.1) is 0 Å². The van der Waals surface area contributed by atoms with Crippen LogP contribution in [0.25, 0.3) is 0 Å². The van der Waals surface area contributed by atoms with E-state index in [1.54, 1.807) is 13.2 Å². The normalized spacial score (nSPS) is 19.1. The largest absolute Gasteiger partial charge is 0.385 e. The number of rotatable bonds is 6. The predicted molar refractivity (Wildman–Crippen MR) is 87.5 cm³/mol. The van der Waals surface area contributed by atoms with Gasteiger partial charge in [0.2, 0.25) is 5.91 Å². The molecule has 0 radical (unpaired) electrons. The van der Waals surface area contributed by atoms with Crippen LogP contribution in [0.5, 0.6) is 0 Å². The van der Waals surface area contributed by atoms with Crippen molar-refractivity contribution in [1.29, 1.82) is 0 Å². The van der Waals surface area contributed by atoms with Gasteiger partial charge in [-0.05, 0) is 37.1 Å². The molecule has 0 bridgehead atoms. The lowest BCUT2D eigenvalue weighted by atomic mass is 10.2. The van der Waals surface area contributed by atoms with Crippen LogP contribution in [0, 0.1) is 6.92 Å². The molecule has 1 saturated heterocycles. The van der Waals surface area contributed by atoms with Crippen LogP contribution in [-0.2, 0) is 14.3 Å². The van der Waals surface area contributed by atoms with Gasteiger partial charge in [-0.3, -0.25) is 9.69 Å². The summed E-state index contributed by atoms with van der Waals surface area (Å²) in [5, 5.41) is 3.61. The van der Waals surface area contributed by atoms with E-state index >= 15 is 0 Å². The van der Waals surface area contributed by atoms with E-state index in [4.69, 9.17) is 21.1 Å². The van der Waals surface area contributed by atoms with Crippen molar-refractivity contribution >= 4 is 23.2 Å². The Morgan fingerprint density at radius 3 is 3.09 bits per heavy atom. The van der Waals surface area contributed by atoms with Crippen LogP contribution in [0.15, 0.2) is 18.2 Å². The molecule has 22 heavy (non-hydrogen) atoms. The van der Waals surface area contributed by atoms with Gasteiger partial charge in [-0.1, -0.05) is 11.6 Å². The van der Waals surface area contributed by atoms with E-state index in [2.05, 4.69) is 10.2 Å². The van der Waals surface area contributed by atoms with Crippen molar-refractivity contribution in [2.45, 2.75) is 19.4 Å². The number of hydrogen-bond acceptors (Lipinski definition) is 4. The van der Waals surface area contributed by atoms with Gasteiger partial charge in [0.05, 0.1) is 19.3 Å². The summed E-state index contributed by atoms with van der Waals surface area (Å²) < 4.78 is 10.7. The number of carbonyl (C=O) groups excluding carboxylic acids is 1. The molecule has 1 atom stereocenters. The number of nitrogens with zero attached hydrogens (tertiary/aromatic N) is 1. The number of hydrogen-bond donors (Lipinski definition) is 1. The molecule has 1 fully saturated rings. The standard InChI is InChI=1S/C16H23ClN2O3/c1-12-9-13(3-4-15(12)17)18-16(20)11-19-6-8-22-14(10-19)5-7-21-2/h3-4,9,14H,5-8,10-11H2,1-2H3,(H,18,20). The Labute approximate surface area is 136 Å². The Kier molecular flexibility index (Phi) is 6.64. The summed E-state index contributed by atoms with van der Waals surface area (Å²) in [4.78, 5) is 14.3. The number of morpholine rings is 1. The minimum absolute atomic E-state index is 0.0193. The molecule has 6 heteroatoms. The Morgan fingerprint density at radius 1 is 1.55 bits per heavy atom. The first-order valence-corrected chi connectivity index (χ1v) is 7.85. The average molecular weight is 327 g/mol. The molecule has 5 nitrogen and oxygen atoms in total. The second-order valence-electron chi connectivity index (χ2n) is 5.52. The Hall–Kier alpha value is -1.14. The summed E-state index contributed by atoms with van der Waals surface area (Å²) >= 11 is 5.99. The van der Waals surface area contributed by atoms with Gasteiger partial charge in [-0.25, -0.2) is 0 Å². The molecule has 1 aromatic rings. The van der Waals surface area contributed by atoms with Gasteiger partial charge in [0, 0.05) is 37.5 Å². The van der Waals surface area contributed by atoms with E-state index in [0.29, 0.717) is 24.8 Å². The first-order chi connectivity index (χ1) is 10.6. The van der Waals surface area contributed by atoms with E-state index in [0.717, 1.165) is 30.8 Å². The molecule has 0 aromatic heterocycles. The van der Waals surface area contributed by atoms with Gasteiger partial charge in [-0.2, -0.15) is 0 Å². The highest BCUT2D eigenvalue weighted by Gasteiger charge is 2.21. The van der Waals surface area contributed by atoms with Gasteiger partial charge >= 0.3 is 0 Å². The molecule has 0 saturated carbocycles. The van der Waals surface area contributed by atoms with Gasteiger partial charge in [0.1, 0.15) is 0 Å². The first kappa shape index (κ1) is 17.2. The van der Waals surface area contributed by atoms with Crippen molar-refractivity contribution < 1.29 is 14.3 Å². The molecular formula is C16H23ClN2O3. The molecule has 2 rings (SSSR count). The molecular weight excluding hydrogens is 304 g/mol. The van der Waals surface area contributed by atoms with E-state index in [1.165, 1.54) is 0 Å². The predicted octanol–water partition coefficient (Wildman–Crippen LogP) is 2.32. The first-order valence-electron chi connectivity index (χ1n) is 7.47. The number of amides is 1. The summed E-state index contributed by atoms with van der Waals surface area (Å²) in [5.41, 5.74) is 1.72. The minimum Gasteiger partial charge on any atom is -0.385 e. The third-order valence-electron chi connectivity index (χ3n) is 3.68. The van der Waals surface area contributed by atoms with E-state index in [1.807, 2.05) is 19.1 Å². The Balaban J connectivity index is 1.82. The smallest absolute Gasteiger partial charge is 0.238 e. The lowest BCUT2D eigenvalue weighted by Gasteiger charge is -2.32. The maximum atomic E-state index is 12.1. The van der Waals surface area contributed by atoms with Crippen molar-refractivity contribution in [2.75, 3.05) is 45.3 Å². The van der Waals surface area contributed by atoms with Crippen molar-refractivity contribution in [1.82, 2.24) is 4.90 Å². The van der Waals surface area contributed by atoms with Crippen LogP contribution in [-0.4, -0.2) is 56.9 Å². The zero-order chi connectivity index (χ0) is 15.9. The maximum Gasteiger partial charge on any atom is 0.238 e. The molecule has 1 N–H and O–H groups in total. The fraction of sp³-hybridized carbons (Fsp3) is 0.562. The van der Waals surface area contributed by atoms with Gasteiger partial charge < -0.3 is 14.8 Å². The quantitative estimate of drug-likeness (QED) is 0.871. The molecule has 1 unspecified atom stereocenters. The third kappa shape index (κ3) is 5.25. The number of carbonyl (C=O) groups is 1. The van der Waals surface area contributed by atoms with Crippen molar-refractivity contribution in [2.24, 2.45) is 0 Å². The Morgan fingerprint density at radius 2 is 2.36 bits per heavy atom. The number of methoxy groups -OCH3 is 1. The van der Waals surface area contributed by atoms with Crippen LogP contribution >= 0.6 is 11.6 Å². The van der Waals surface area contributed by atoms with Crippen molar-refractivity contribution in [3.05, 3.63) is 28.8 Å². The molecule has 1 aliphatic heterocycles. The van der Waals surface area contributed by atoms with Crippen LogP contribution in [0.4, 0.5) is 5.69 Å². The highest BCUT2D eigenvalue weighted by molar-refractivity contribution is 6.31. The molecule has 1 amide bonds. The number of nitrogens with one attached hydrogen (secondary N) is 1. The summed E-state index contributed by atoms with van der Waals surface area (Å²) in [6.45, 7) is 5.15. The van der Waals surface area contributed by atoms with Crippen molar-refractivity contribution in [3.8, 4) is 0 Å². The zero-order valence-electron chi connectivity index (χ0n) is 13.1. The molecule has 1 aromatic carbocycles. The van der Waals surface area contributed by atoms with Crippen molar-refractivity contribution in [3.63, 3.8) is 0 Å². The summed E-state index contributed by atoms with van der Waals surface area (Å²) in [6, 6.07) is 5.48. The number of halogens is 1. The molecule has 1 heterocycles. The second-order valence-corrected chi connectivity index (χ2v) is 5.93. The minimum atomic E-state index is -0.0193. The van der Waals surface area contributed by atoms with Gasteiger partial charge in [0.15, 0.2) is 0 Å². The monoisotopic (exact) mass is 326 g/mol. The van der Waals surface area contributed by atoms with Crippen LogP contribution in [0.1, 0.15) is 12.0 Å². The lowest BCUT2D eigenvalue weighted by molar-refractivity contribution is -0.119. The zero-order valence-corrected chi connectivity index (χ0v) is 13.9. The second kappa shape index (κ2) is 8.48. The summed E-state index contributed by atoms with van der Waals surface area (Å²) in [6.07, 6.45) is 0.990. The number of benzene rings is 1. The van der Waals surface area contributed by atoms with E-state index < -0.39 is 0 Å². The topological polar surface area (TPSA) is 50.8 Å². The third-order valence-corrected chi connectivity index (χ3v) is 4.10. The number of anilines is 1. The van der Waals surface area contributed by atoms with E-state index in [9.17, 15) is 4.79 Å². The molecule has 0 spiro atoms. The van der Waals surface area contributed by atoms with Crippen LogP contribution in [0.3, 0.4) is 0 Å². The molecule has 0 aliphatic carbocycles. The number of ether oxygens (including phenoxy) is 2. The highest BCUT2D eigenvalue weighted by atomic mass is 35.5.